The number of hydrogen-bond acceptors (Lipinski definition) is 8. The number of carbonyl (C=O) groups is 1. The van der Waals surface area contributed by atoms with Crippen molar-refractivity contribution in [2.45, 2.75) is 45.3 Å². The van der Waals surface area contributed by atoms with Gasteiger partial charge in [-0.1, -0.05) is 6.92 Å². The molecule has 2 aromatic heterocycles. The van der Waals surface area contributed by atoms with Crippen molar-refractivity contribution in [3.63, 3.8) is 0 Å². The van der Waals surface area contributed by atoms with Crippen molar-refractivity contribution in [3.05, 3.63) is 53.2 Å². The molecule has 1 saturated heterocycles. The van der Waals surface area contributed by atoms with Gasteiger partial charge < -0.3 is 19.5 Å². The predicted molar refractivity (Wildman–Crippen MR) is 123 cm³/mol. The van der Waals surface area contributed by atoms with Crippen LogP contribution in [0.1, 0.15) is 35.9 Å². The number of aromatic nitrogens is 4. The number of fused-ring (bicyclic) bond motifs is 3. The number of anilines is 3. The molecule has 2 aliphatic heterocycles. The zero-order valence-corrected chi connectivity index (χ0v) is 18.9. The number of nitrogens with one attached hydrogen (secondary N) is 1. The number of ketones is 1. The monoisotopic (exact) mass is 443 g/mol. The number of benzene rings is 1. The number of nitriles is 1. The summed E-state index contributed by atoms with van der Waals surface area (Å²) in [7, 11) is 1.68. The highest BCUT2D eigenvalue weighted by molar-refractivity contribution is 5.94. The molecule has 2 unspecified atom stereocenters. The van der Waals surface area contributed by atoms with Crippen LogP contribution in [0.25, 0.3) is 5.69 Å². The van der Waals surface area contributed by atoms with E-state index in [9.17, 15) is 10.1 Å². The smallest absolute Gasteiger partial charge is 0.229 e. The van der Waals surface area contributed by atoms with E-state index in [4.69, 9.17) is 14.7 Å². The highest BCUT2D eigenvalue weighted by Crippen LogP contribution is 2.36. The molecule has 9 heteroatoms. The van der Waals surface area contributed by atoms with Crippen molar-refractivity contribution < 1.29 is 9.53 Å². The molecule has 4 heterocycles. The molecule has 168 valence electrons. The summed E-state index contributed by atoms with van der Waals surface area (Å²) in [4.78, 5) is 28.6. The van der Waals surface area contributed by atoms with Crippen molar-refractivity contribution in [2.24, 2.45) is 0 Å². The van der Waals surface area contributed by atoms with Crippen molar-refractivity contribution in [3.8, 4) is 11.8 Å². The van der Waals surface area contributed by atoms with Crippen LogP contribution in [0.2, 0.25) is 0 Å². The summed E-state index contributed by atoms with van der Waals surface area (Å²) in [6.45, 7) is 4.57. The maximum absolute atomic E-state index is 12.8. The molecule has 2 aliphatic rings. The molecule has 9 nitrogen and oxygen atoms in total. The standard InChI is InChI=1S/C24H25N7O2/c1-4-19-18-9-22(32)21-8-17(33-3)12-31(21)23(18)29-24(28-19)27-16-5-6-20(15(7-16)10-25)30-11-14(2)26-13-30/h5-7,11,13,17,21H,4,8-9,12H2,1-3H3,(H,27,28,29). The number of nitrogens with zero attached hydrogens (tertiary/aromatic N) is 6. The highest BCUT2D eigenvalue weighted by Gasteiger charge is 2.42. The summed E-state index contributed by atoms with van der Waals surface area (Å²) in [5.74, 6) is 1.46. The van der Waals surface area contributed by atoms with E-state index in [0.29, 0.717) is 43.0 Å². The van der Waals surface area contributed by atoms with Crippen LogP contribution in [0.5, 0.6) is 0 Å². The largest absolute Gasteiger partial charge is 0.380 e. The van der Waals surface area contributed by atoms with E-state index >= 15 is 0 Å². The first kappa shape index (κ1) is 21.1. The third kappa shape index (κ3) is 3.72. The number of hydrogen-bond donors (Lipinski definition) is 1. The topological polar surface area (TPSA) is 109 Å². The Morgan fingerprint density at radius 1 is 1.33 bits per heavy atom. The molecule has 33 heavy (non-hydrogen) atoms. The zero-order valence-electron chi connectivity index (χ0n) is 18.9. The summed E-state index contributed by atoms with van der Waals surface area (Å²) < 4.78 is 7.37. The van der Waals surface area contributed by atoms with Gasteiger partial charge in [0.1, 0.15) is 11.9 Å². The average molecular weight is 444 g/mol. The van der Waals surface area contributed by atoms with Crippen LogP contribution >= 0.6 is 0 Å². The van der Waals surface area contributed by atoms with Crippen LogP contribution in [0, 0.1) is 18.3 Å². The minimum Gasteiger partial charge on any atom is -0.380 e. The van der Waals surface area contributed by atoms with Crippen LogP contribution < -0.4 is 10.2 Å². The molecule has 2 atom stereocenters. The Morgan fingerprint density at radius 2 is 2.18 bits per heavy atom. The minimum atomic E-state index is -0.196. The molecule has 0 amide bonds. The first-order chi connectivity index (χ1) is 16.0. The lowest BCUT2D eigenvalue weighted by Crippen LogP contribution is -2.42. The van der Waals surface area contributed by atoms with E-state index in [1.165, 1.54) is 0 Å². The highest BCUT2D eigenvalue weighted by atomic mass is 16.5. The van der Waals surface area contributed by atoms with Gasteiger partial charge in [-0.05, 0) is 31.5 Å². The van der Waals surface area contributed by atoms with Crippen molar-refractivity contribution in [1.29, 1.82) is 5.26 Å². The predicted octanol–water partition coefficient (Wildman–Crippen LogP) is 2.87. The van der Waals surface area contributed by atoms with Gasteiger partial charge in [0.05, 0.1) is 41.1 Å². The van der Waals surface area contributed by atoms with Crippen LogP contribution in [0.3, 0.4) is 0 Å². The Hall–Kier alpha value is -3.77. The zero-order chi connectivity index (χ0) is 23.1. The quantitative estimate of drug-likeness (QED) is 0.641. The number of ether oxygens (including phenoxy) is 1. The molecule has 1 aromatic carbocycles. The van der Waals surface area contributed by atoms with Gasteiger partial charge in [-0.25, -0.2) is 9.97 Å². The molecular formula is C24H25N7O2. The molecule has 0 radical (unpaired) electrons. The van der Waals surface area contributed by atoms with Crippen LogP contribution in [0.15, 0.2) is 30.7 Å². The Bertz CT molecular complexity index is 1280. The fourth-order valence-corrected chi connectivity index (χ4v) is 4.69. The summed E-state index contributed by atoms with van der Waals surface area (Å²) >= 11 is 0. The van der Waals surface area contributed by atoms with Crippen molar-refractivity contribution >= 4 is 23.2 Å². The summed E-state index contributed by atoms with van der Waals surface area (Å²) in [6, 6.07) is 7.61. The Balaban J connectivity index is 1.49. The Kier molecular flexibility index (Phi) is 5.30. The molecular weight excluding hydrogens is 418 g/mol. The van der Waals surface area contributed by atoms with E-state index in [1.807, 2.05) is 36.7 Å². The van der Waals surface area contributed by atoms with Gasteiger partial charge in [-0.15, -0.1) is 0 Å². The van der Waals surface area contributed by atoms with E-state index < -0.39 is 0 Å². The van der Waals surface area contributed by atoms with Crippen LogP contribution in [-0.2, 0) is 22.4 Å². The molecule has 0 saturated carbocycles. The number of aryl methyl sites for hydroxylation is 2. The molecule has 0 bridgehead atoms. The van der Waals surface area contributed by atoms with Crippen molar-refractivity contribution in [2.75, 3.05) is 23.9 Å². The first-order valence-electron chi connectivity index (χ1n) is 11.0. The molecule has 5 rings (SSSR count). The molecule has 0 spiro atoms. The lowest BCUT2D eigenvalue weighted by atomic mass is 9.95. The minimum absolute atomic E-state index is 0.0129. The molecule has 1 fully saturated rings. The van der Waals surface area contributed by atoms with Gasteiger partial charge in [0, 0.05) is 43.9 Å². The van der Waals surface area contributed by atoms with Gasteiger partial charge in [0.15, 0.2) is 5.78 Å². The number of carbonyl (C=O) groups excluding carboxylic acids is 1. The Morgan fingerprint density at radius 3 is 2.88 bits per heavy atom. The number of methoxy groups -OCH3 is 1. The van der Waals surface area contributed by atoms with Gasteiger partial charge in [-0.2, -0.15) is 10.2 Å². The third-order valence-electron chi connectivity index (χ3n) is 6.36. The lowest BCUT2D eigenvalue weighted by molar-refractivity contribution is -0.120. The number of imidazole rings is 1. The summed E-state index contributed by atoms with van der Waals surface area (Å²) in [5, 5.41) is 13.0. The van der Waals surface area contributed by atoms with Crippen molar-refractivity contribution in [1.82, 2.24) is 19.5 Å². The second kappa shape index (κ2) is 8.30. The SMILES string of the molecule is CCc1nc(Nc2ccc(-n3cnc(C)c3)c(C#N)c2)nc2c1CC(=O)C1CC(OC)CN21. The van der Waals surface area contributed by atoms with Crippen LogP contribution in [-0.4, -0.2) is 51.1 Å². The fraction of sp³-hybridized carbons (Fsp3) is 0.375. The van der Waals surface area contributed by atoms with E-state index in [-0.39, 0.29) is 17.9 Å². The van der Waals surface area contributed by atoms with Gasteiger partial charge in [-0.3, -0.25) is 4.79 Å². The van der Waals surface area contributed by atoms with E-state index in [2.05, 4.69) is 21.3 Å². The maximum atomic E-state index is 12.8. The first-order valence-corrected chi connectivity index (χ1v) is 11.0. The fourth-order valence-electron chi connectivity index (χ4n) is 4.69. The van der Waals surface area contributed by atoms with E-state index in [1.54, 1.807) is 19.5 Å². The molecule has 1 N–H and O–H groups in total. The third-order valence-corrected chi connectivity index (χ3v) is 6.36. The van der Waals surface area contributed by atoms with Crippen LogP contribution in [0.4, 0.5) is 17.5 Å². The van der Waals surface area contributed by atoms with Gasteiger partial charge in [0.25, 0.3) is 0 Å². The van der Waals surface area contributed by atoms with Gasteiger partial charge >= 0.3 is 0 Å². The average Bonchev–Trinajstić information content (AvgIpc) is 3.46. The normalized spacial score (nSPS) is 19.2. The second-order valence-corrected chi connectivity index (χ2v) is 8.45. The number of Topliss-reactive ketones (excluding diaryl/α,β-unsaturated/α-hetero) is 1. The lowest BCUT2D eigenvalue weighted by Gasteiger charge is -2.32. The maximum Gasteiger partial charge on any atom is 0.229 e. The second-order valence-electron chi connectivity index (χ2n) is 8.45. The summed E-state index contributed by atoms with van der Waals surface area (Å²) in [6.07, 6.45) is 5.32. The number of rotatable bonds is 5. The molecule has 0 aliphatic carbocycles. The Labute approximate surface area is 192 Å². The summed E-state index contributed by atoms with van der Waals surface area (Å²) in [5.41, 5.74) is 4.64. The van der Waals surface area contributed by atoms with Gasteiger partial charge in [0.2, 0.25) is 5.95 Å². The molecule has 3 aromatic rings. The van der Waals surface area contributed by atoms with E-state index in [0.717, 1.165) is 28.5 Å².